The van der Waals surface area contributed by atoms with Crippen molar-refractivity contribution in [3.63, 3.8) is 0 Å². The van der Waals surface area contributed by atoms with Gasteiger partial charge in [0.2, 0.25) is 0 Å². The molecule has 4 aromatic carbocycles. The molecule has 138 valence electrons. The Morgan fingerprint density at radius 3 is 2.34 bits per heavy atom. The molecule has 0 radical (unpaired) electrons. The molecule has 0 bridgehead atoms. The number of hydrogen-bond donors (Lipinski definition) is 0. The molecule has 5 aromatic rings. The molecule has 1 nitrogen and oxygen atoms in total. The quantitative estimate of drug-likeness (QED) is 0.280. The Bertz CT molecular complexity index is 1430. The number of benzene rings is 4. The molecule has 0 unspecified atom stereocenters. The molecule has 1 aliphatic carbocycles. The fraction of sp³-hybridized carbons (Fsp3) is 0.107. The lowest BCUT2D eigenvalue weighted by molar-refractivity contribution is 0.660. The van der Waals surface area contributed by atoms with E-state index in [0.717, 1.165) is 11.2 Å². The number of aromatic nitrogens is 1. The van der Waals surface area contributed by atoms with Crippen molar-refractivity contribution in [1.29, 1.82) is 0 Å². The van der Waals surface area contributed by atoms with Gasteiger partial charge in [-0.05, 0) is 51.2 Å². The Kier molecular flexibility index (Phi) is 3.29. The number of nitrogens with zero attached hydrogens (tertiary/aromatic N) is 1. The Morgan fingerprint density at radius 1 is 0.621 bits per heavy atom. The average Bonchev–Trinajstić information content (AvgIpc) is 3.00. The highest BCUT2D eigenvalue weighted by atomic mass is 14.7. The van der Waals surface area contributed by atoms with Crippen LogP contribution in [-0.2, 0) is 5.41 Å². The van der Waals surface area contributed by atoms with Crippen molar-refractivity contribution in [2.45, 2.75) is 19.3 Å². The molecular formula is C28H21N. The second-order valence-electron chi connectivity index (χ2n) is 8.48. The number of pyridine rings is 1. The summed E-state index contributed by atoms with van der Waals surface area (Å²) in [5.41, 5.74) is 8.76. The molecule has 0 saturated carbocycles. The van der Waals surface area contributed by atoms with E-state index in [4.69, 9.17) is 4.98 Å². The molecular weight excluding hydrogens is 350 g/mol. The van der Waals surface area contributed by atoms with Crippen LogP contribution in [-0.4, -0.2) is 4.98 Å². The molecule has 1 aromatic heterocycles. The van der Waals surface area contributed by atoms with Crippen LogP contribution < -0.4 is 0 Å². The van der Waals surface area contributed by atoms with Crippen molar-refractivity contribution in [2.75, 3.05) is 0 Å². The van der Waals surface area contributed by atoms with Crippen molar-refractivity contribution >= 4 is 21.7 Å². The molecule has 6 rings (SSSR count). The molecule has 0 fully saturated rings. The Balaban J connectivity index is 1.52. The van der Waals surface area contributed by atoms with Gasteiger partial charge in [0.25, 0.3) is 0 Å². The molecule has 0 aliphatic heterocycles. The lowest BCUT2D eigenvalue weighted by Gasteiger charge is -2.21. The largest absolute Gasteiger partial charge is 0.248 e. The van der Waals surface area contributed by atoms with E-state index in [1.54, 1.807) is 0 Å². The number of fused-ring (bicyclic) bond motifs is 6. The van der Waals surface area contributed by atoms with Crippen LogP contribution in [0.5, 0.6) is 0 Å². The fourth-order valence-corrected chi connectivity index (χ4v) is 4.91. The maximum Gasteiger partial charge on any atom is 0.0715 e. The third-order valence-corrected chi connectivity index (χ3v) is 6.48. The van der Waals surface area contributed by atoms with Crippen LogP contribution in [0.15, 0.2) is 91.0 Å². The fourth-order valence-electron chi connectivity index (χ4n) is 4.91. The average molecular weight is 371 g/mol. The van der Waals surface area contributed by atoms with E-state index in [1.807, 2.05) is 0 Å². The minimum absolute atomic E-state index is 0.00892. The molecule has 1 heterocycles. The number of hydrogen-bond acceptors (Lipinski definition) is 1. The molecule has 0 spiro atoms. The first kappa shape index (κ1) is 16.5. The van der Waals surface area contributed by atoms with E-state index in [1.165, 1.54) is 44.0 Å². The highest BCUT2D eigenvalue weighted by Gasteiger charge is 2.35. The Morgan fingerprint density at radius 2 is 1.41 bits per heavy atom. The zero-order valence-corrected chi connectivity index (χ0v) is 16.6. The summed E-state index contributed by atoms with van der Waals surface area (Å²) in [5, 5.41) is 3.72. The van der Waals surface area contributed by atoms with Gasteiger partial charge in [-0.25, -0.2) is 4.98 Å². The van der Waals surface area contributed by atoms with E-state index in [0.29, 0.717) is 0 Å². The summed E-state index contributed by atoms with van der Waals surface area (Å²) in [7, 11) is 0. The summed E-state index contributed by atoms with van der Waals surface area (Å²) in [5.74, 6) is 0. The summed E-state index contributed by atoms with van der Waals surface area (Å²) in [6.07, 6.45) is 0. The monoisotopic (exact) mass is 371 g/mol. The van der Waals surface area contributed by atoms with E-state index < -0.39 is 0 Å². The van der Waals surface area contributed by atoms with Crippen LogP contribution in [0.3, 0.4) is 0 Å². The standard InChI is InChI=1S/C28H21N/c1-28(2)24-10-6-5-9-21(24)22-13-11-19(17-25(22)28)26-16-14-23-20-8-4-3-7-18(20)12-15-27(23)29-26/h3-17H,1-2H3. The second-order valence-corrected chi connectivity index (χ2v) is 8.48. The maximum atomic E-state index is 5.02. The van der Waals surface area contributed by atoms with Crippen molar-refractivity contribution in [3.05, 3.63) is 102 Å². The van der Waals surface area contributed by atoms with Crippen LogP contribution >= 0.6 is 0 Å². The summed E-state index contributed by atoms with van der Waals surface area (Å²) in [4.78, 5) is 5.02. The van der Waals surface area contributed by atoms with Crippen molar-refractivity contribution < 1.29 is 0 Å². The lowest BCUT2D eigenvalue weighted by atomic mass is 9.82. The van der Waals surface area contributed by atoms with E-state index in [9.17, 15) is 0 Å². The van der Waals surface area contributed by atoms with Crippen LogP contribution in [0.4, 0.5) is 0 Å². The molecule has 0 atom stereocenters. The Labute approximate surface area is 170 Å². The van der Waals surface area contributed by atoms with Gasteiger partial charge in [0.1, 0.15) is 0 Å². The van der Waals surface area contributed by atoms with Gasteiger partial charge in [-0.2, -0.15) is 0 Å². The molecule has 0 saturated heterocycles. The summed E-state index contributed by atoms with van der Waals surface area (Å²) in [6, 6.07) is 32.8. The normalized spacial score (nSPS) is 14.1. The van der Waals surface area contributed by atoms with Gasteiger partial charge < -0.3 is 0 Å². The minimum atomic E-state index is 0.00892. The van der Waals surface area contributed by atoms with Crippen LogP contribution in [0.25, 0.3) is 44.1 Å². The lowest BCUT2D eigenvalue weighted by Crippen LogP contribution is -2.14. The van der Waals surface area contributed by atoms with E-state index >= 15 is 0 Å². The molecule has 1 aliphatic rings. The van der Waals surface area contributed by atoms with Gasteiger partial charge in [-0.3, -0.25) is 0 Å². The first-order valence-corrected chi connectivity index (χ1v) is 10.2. The zero-order valence-electron chi connectivity index (χ0n) is 16.6. The summed E-state index contributed by atoms with van der Waals surface area (Å²) >= 11 is 0. The summed E-state index contributed by atoms with van der Waals surface area (Å²) in [6.45, 7) is 4.64. The first-order valence-electron chi connectivity index (χ1n) is 10.2. The third kappa shape index (κ3) is 2.31. The second kappa shape index (κ2) is 5.78. The van der Waals surface area contributed by atoms with Gasteiger partial charge in [0.05, 0.1) is 11.2 Å². The van der Waals surface area contributed by atoms with Gasteiger partial charge in [0.15, 0.2) is 0 Å². The van der Waals surface area contributed by atoms with E-state index in [-0.39, 0.29) is 5.41 Å². The van der Waals surface area contributed by atoms with Gasteiger partial charge >= 0.3 is 0 Å². The minimum Gasteiger partial charge on any atom is -0.248 e. The number of rotatable bonds is 1. The molecule has 29 heavy (non-hydrogen) atoms. The van der Waals surface area contributed by atoms with Gasteiger partial charge in [0, 0.05) is 16.4 Å². The predicted molar refractivity (Wildman–Crippen MR) is 122 cm³/mol. The predicted octanol–water partition coefficient (Wildman–Crippen LogP) is 7.36. The van der Waals surface area contributed by atoms with Gasteiger partial charge in [-0.15, -0.1) is 0 Å². The smallest absolute Gasteiger partial charge is 0.0715 e. The molecule has 0 amide bonds. The molecule has 1 heteroatoms. The first-order chi connectivity index (χ1) is 14.1. The molecule has 0 N–H and O–H groups in total. The third-order valence-electron chi connectivity index (χ3n) is 6.48. The van der Waals surface area contributed by atoms with Crippen LogP contribution in [0, 0.1) is 0 Å². The highest BCUT2D eigenvalue weighted by molar-refractivity contribution is 6.06. The highest BCUT2D eigenvalue weighted by Crippen LogP contribution is 2.49. The zero-order chi connectivity index (χ0) is 19.6. The van der Waals surface area contributed by atoms with Crippen LogP contribution in [0.1, 0.15) is 25.0 Å². The van der Waals surface area contributed by atoms with Crippen molar-refractivity contribution in [1.82, 2.24) is 4.98 Å². The van der Waals surface area contributed by atoms with Crippen LogP contribution in [0.2, 0.25) is 0 Å². The maximum absolute atomic E-state index is 5.02. The Hall–Kier alpha value is -3.45. The van der Waals surface area contributed by atoms with Crippen molar-refractivity contribution in [2.24, 2.45) is 0 Å². The topological polar surface area (TPSA) is 12.9 Å². The van der Waals surface area contributed by atoms with Gasteiger partial charge in [-0.1, -0.05) is 86.6 Å². The summed E-state index contributed by atoms with van der Waals surface area (Å²) < 4.78 is 0. The van der Waals surface area contributed by atoms with Crippen molar-refractivity contribution in [3.8, 4) is 22.4 Å². The van der Waals surface area contributed by atoms with E-state index in [2.05, 4.69) is 105 Å². The SMILES string of the molecule is CC1(C)c2ccccc2-c2ccc(-c3ccc4c(ccc5ccccc54)n3)cc21.